The Hall–Kier alpha value is -4.07. The van der Waals surface area contributed by atoms with Gasteiger partial charge in [-0.1, -0.05) is 48.7 Å². The Morgan fingerprint density at radius 2 is 1.73 bits per heavy atom. The standard InChI is InChI=1S/C36H44ClFN4O9S/c1-7-14-47-16-18-49-19-17-48-15-8-13-36(5,6)33-40-31(41-51-33)26-20-29-30(21-27(26)38)52(45,46)23-28(39-34(44)50-35(2,3)4)32(43)42(29)22-24-9-11-25(37)12-10-24/h1,9-12,20-21,28H,8,13-19,22-23H2,2-6H3,(H,39,44)/t28-/m0/s1. The van der Waals surface area contributed by atoms with Crippen molar-refractivity contribution in [2.24, 2.45) is 0 Å². The zero-order valence-electron chi connectivity index (χ0n) is 29.9. The minimum absolute atomic E-state index is 0.114. The molecule has 0 saturated carbocycles. The van der Waals surface area contributed by atoms with Crippen LogP contribution in [0.25, 0.3) is 11.4 Å². The molecule has 0 fully saturated rings. The largest absolute Gasteiger partial charge is 0.444 e. The van der Waals surface area contributed by atoms with E-state index < -0.39 is 55.4 Å². The van der Waals surface area contributed by atoms with Crippen molar-refractivity contribution in [1.82, 2.24) is 15.5 Å². The quantitative estimate of drug-likeness (QED) is 0.145. The van der Waals surface area contributed by atoms with Gasteiger partial charge < -0.3 is 33.7 Å². The van der Waals surface area contributed by atoms with Crippen LogP contribution in [0.3, 0.4) is 0 Å². The minimum Gasteiger partial charge on any atom is -0.444 e. The maximum Gasteiger partial charge on any atom is 0.408 e. The Balaban J connectivity index is 1.55. The van der Waals surface area contributed by atoms with Crippen molar-refractivity contribution in [3.8, 4) is 23.7 Å². The van der Waals surface area contributed by atoms with Gasteiger partial charge in [0.15, 0.2) is 9.84 Å². The second-order valence-corrected chi connectivity index (χ2v) is 16.2. The Morgan fingerprint density at radius 1 is 1.08 bits per heavy atom. The number of carbonyl (C=O) groups is 2. The van der Waals surface area contributed by atoms with E-state index in [0.29, 0.717) is 56.5 Å². The van der Waals surface area contributed by atoms with Gasteiger partial charge >= 0.3 is 6.09 Å². The lowest BCUT2D eigenvalue weighted by atomic mass is 9.88. The van der Waals surface area contributed by atoms with Crippen molar-refractivity contribution in [2.75, 3.05) is 50.3 Å². The molecule has 282 valence electrons. The van der Waals surface area contributed by atoms with Gasteiger partial charge in [0.25, 0.3) is 5.91 Å². The first kappa shape index (κ1) is 40.7. The molecule has 4 rings (SSSR count). The van der Waals surface area contributed by atoms with Gasteiger partial charge in [-0.15, -0.1) is 6.42 Å². The van der Waals surface area contributed by atoms with Crippen LogP contribution in [-0.2, 0) is 45.5 Å². The number of sulfone groups is 1. The summed E-state index contributed by atoms with van der Waals surface area (Å²) in [4.78, 5) is 32.0. The van der Waals surface area contributed by atoms with Crippen LogP contribution in [0.2, 0.25) is 5.02 Å². The van der Waals surface area contributed by atoms with Gasteiger partial charge in [-0.25, -0.2) is 17.6 Å². The highest BCUT2D eigenvalue weighted by atomic mass is 35.5. The fourth-order valence-electron chi connectivity index (χ4n) is 5.25. The first-order valence-electron chi connectivity index (χ1n) is 16.6. The number of ether oxygens (including phenoxy) is 4. The molecule has 0 saturated heterocycles. The van der Waals surface area contributed by atoms with E-state index >= 15 is 4.39 Å². The number of fused-ring (bicyclic) bond motifs is 1. The molecule has 0 aliphatic carbocycles. The maximum atomic E-state index is 15.9. The number of amides is 2. The number of hydrogen-bond acceptors (Lipinski definition) is 11. The normalized spacial score (nSPS) is 15.8. The van der Waals surface area contributed by atoms with E-state index in [2.05, 4.69) is 21.4 Å². The van der Waals surface area contributed by atoms with Crippen LogP contribution in [0.5, 0.6) is 0 Å². The lowest BCUT2D eigenvalue weighted by Gasteiger charge is -2.27. The number of anilines is 1. The Bertz CT molecular complexity index is 1850. The van der Waals surface area contributed by atoms with Crippen molar-refractivity contribution < 1.29 is 45.9 Å². The Kier molecular flexibility index (Phi) is 13.8. The summed E-state index contributed by atoms with van der Waals surface area (Å²) in [5, 5.41) is 6.86. The summed E-state index contributed by atoms with van der Waals surface area (Å²) in [7, 11) is -4.34. The number of rotatable bonds is 16. The highest BCUT2D eigenvalue weighted by molar-refractivity contribution is 7.91. The molecule has 52 heavy (non-hydrogen) atoms. The molecule has 1 N–H and O–H groups in total. The molecule has 16 heteroatoms. The van der Waals surface area contributed by atoms with Crippen molar-refractivity contribution >= 4 is 39.1 Å². The highest BCUT2D eigenvalue weighted by Crippen LogP contribution is 2.38. The molecule has 1 aromatic heterocycles. The van der Waals surface area contributed by atoms with Gasteiger partial charge in [0, 0.05) is 17.0 Å². The third-order valence-electron chi connectivity index (χ3n) is 7.84. The molecule has 2 amide bonds. The topological polar surface area (TPSA) is 159 Å². The Morgan fingerprint density at radius 3 is 2.38 bits per heavy atom. The highest BCUT2D eigenvalue weighted by Gasteiger charge is 2.40. The monoisotopic (exact) mass is 762 g/mol. The first-order valence-corrected chi connectivity index (χ1v) is 18.7. The van der Waals surface area contributed by atoms with E-state index in [1.54, 1.807) is 45.0 Å². The van der Waals surface area contributed by atoms with Gasteiger partial charge in [-0.2, -0.15) is 4.98 Å². The smallest absolute Gasteiger partial charge is 0.408 e. The van der Waals surface area contributed by atoms with Gasteiger partial charge in [-0.3, -0.25) is 4.79 Å². The average Bonchev–Trinajstić information content (AvgIpc) is 3.55. The zero-order chi connectivity index (χ0) is 38.1. The summed E-state index contributed by atoms with van der Waals surface area (Å²) in [5.74, 6) is -0.0366. The number of benzene rings is 2. The molecule has 1 aliphatic rings. The van der Waals surface area contributed by atoms with E-state index in [1.165, 1.54) is 11.0 Å². The van der Waals surface area contributed by atoms with Gasteiger partial charge in [0.1, 0.15) is 24.1 Å². The van der Waals surface area contributed by atoms with Crippen molar-refractivity contribution in [3.05, 3.63) is 58.7 Å². The molecular weight excluding hydrogens is 719 g/mol. The third-order valence-corrected chi connectivity index (χ3v) is 9.86. The van der Waals surface area contributed by atoms with Crippen LogP contribution in [0.15, 0.2) is 45.8 Å². The number of hydrogen-bond donors (Lipinski definition) is 1. The van der Waals surface area contributed by atoms with E-state index in [9.17, 15) is 18.0 Å². The number of nitrogens with zero attached hydrogens (tertiary/aromatic N) is 3. The lowest BCUT2D eigenvalue weighted by Crippen LogP contribution is -2.51. The van der Waals surface area contributed by atoms with Crippen LogP contribution in [0, 0.1) is 18.2 Å². The molecule has 3 aromatic rings. The predicted molar refractivity (Wildman–Crippen MR) is 191 cm³/mol. The van der Waals surface area contributed by atoms with Crippen molar-refractivity contribution in [2.45, 2.75) is 76.0 Å². The summed E-state index contributed by atoms with van der Waals surface area (Å²) < 4.78 is 70.3. The second kappa shape index (κ2) is 17.6. The molecular formula is C36H44ClFN4O9S. The Labute approximate surface area is 308 Å². The fourth-order valence-corrected chi connectivity index (χ4v) is 6.99. The van der Waals surface area contributed by atoms with Crippen molar-refractivity contribution in [1.29, 1.82) is 0 Å². The van der Waals surface area contributed by atoms with Crippen LogP contribution in [-0.4, -0.2) is 87.6 Å². The average molecular weight is 763 g/mol. The van der Waals surface area contributed by atoms with Crippen LogP contribution < -0.4 is 10.2 Å². The predicted octanol–water partition coefficient (Wildman–Crippen LogP) is 5.48. The third kappa shape index (κ3) is 11.2. The summed E-state index contributed by atoms with van der Waals surface area (Å²) >= 11 is 6.07. The lowest BCUT2D eigenvalue weighted by molar-refractivity contribution is -0.120. The van der Waals surface area contributed by atoms with E-state index in [4.69, 9.17) is 41.5 Å². The summed E-state index contributed by atoms with van der Waals surface area (Å²) in [6, 6.07) is 7.08. The number of halogens is 2. The zero-order valence-corrected chi connectivity index (χ0v) is 31.4. The number of aromatic nitrogens is 2. The molecule has 2 heterocycles. The van der Waals surface area contributed by atoms with Crippen molar-refractivity contribution in [3.63, 3.8) is 0 Å². The molecule has 1 aliphatic heterocycles. The number of alkyl carbamates (subject to hydrolysis) is 1. The number of nitrogens with one attached hydrogen (secondary N) is 1. The SMILES string of the molecule is C#CCOCCOCCOCCCC(C)(C)c1nc(-c2cc3c(cc2F)S(=O)(=O)C[C@H](NC(=O)OC(C)(C)C)C(=O)N3Cc2ccc(Cl)cc2)no1. The fraction of sp³-hybridized carbons (Fsp3) is 0.500. The molecule has 0 bridgehead atoms. The summed E-state index contributed by atoms with van der Waals surface area (Å²) in [6.45, 7) is 10.9. The van der Waals surface area contributed by atoms with Crippen LogP contribution in [0.1, 0.15) is 58.9 Å². The molecule has 1 atom stereocenters. The summed E-state index contributed by atoms with van der Waals surface area (Å²) in [6.07, 6.45) is 5.39. The second-order valence-electron chi connectivity index (χ2n) is 13.7. The summed E-state index contributed by atoms with van der Waals surface area (Å²) in [5.41, 5.74) is -1.24. The van der Waals surface area contributed by atoms with Crippen LogP contribution >= 0.6 is 11.6 Å². The minimum atomic E-state index is -4.34. The van der Waals surface area contributed by atoms with Gasteiger partial charge in [-0.05, 0) is 63.4 Å². The number of carbonyl (C=O) groups excluding carboxylic acids is 2. The first-order chi connectivity index (χ1) is 24.5. The molecule has 13 nitrogen and oxygen atoms in total. The molecule has 0 spiro atoms. The molecule has 0 unspecified atom stereocenters. The van der Waals surface area contributed by atoms with E-state index in [-0.39, 0.29) is 36.1 Å². The number of terminal acetylenes is 1. The van der Waals surface area contributed by atoms with E-state index in [0.717, 1.165) is 6.07 Å². The van der Waals surface area contributed by atoms with E-state index in [1.807, 2.05) is 13.8 Å². The maximum absolute atomic E-state index is 15.9. The van der Waals surface area contributed by atoms with Crippen LogP contribution in [0.4, 0.5) is 14.9 Å². The molecule has 2 aromatic carbocycles. The van der Waals surface area contributed by atoms with Gasteiger partial charge in [0.05, 0.1) is 54.9 Å². The molecule has 0 radical (unpaired) electrons. The van der Waals surface area contributed by atoms with Gasteiger partial charge in [0.2, 0.25) is 11.7 Å².